The first-order valence-corrected chi connectivity index (χ1v) is 4.98. The summed E-state index contributed by atoms with van der Waals surface area (Å²) in [4.78, 5) is 30.8. The van der Waals surface area contributed by atoms with Crippen molar-refractivity contribution in [1.82, 2.24) is 9.55 Å². The van der Waals surface area contributed by atoms with Gasteiger partial charge < -0.3 is 19.5 Å². The van der Waals surface area contributed by atoms with E-state index in [1.54, 1.807) is 0 Å². The molecule has 0 atom stereocenters. The fourth-order valence-corrected chi connectivity index (χ4v) is 1.34. The first-order chi connectivity index (χ1) is 5.88. The van der Waals surface area contributed by atoms with Crippen LogP contribution in [-0.4, -0.2) is 30.4 Å². The molecule has 0 fully saturated rings. The van der Waals surface area contributed by atoms with Gasteiger partial charge in [0, 0.05) is 6.20 Å². The van der Waals surface area contributed by atoms with Crippen LogP contribution in [0.4, 0.5) is 0 Å². The molecule has 1 rings (SSSR count). The van der Waals surface area contributed by atoms with Crippen molar-refractivity contribution >= 4 is 13.6 Å². The van der Waals surface area contributed by atoms with Crippen LogP contribution in [0.5, 0.6) is 0 Å². The number of carbonyl (C=O) groups is 1. The maximum atomic E-state index is 10.5. The molecular formula is C5H7N2O5P. The fourth-order valence-electron chi connectivity index (χ4n) is 0.761. The molecule has 0 aliphatic rings. The molecule has 0 aliphatic carbocycles. The van der Waals surface area contributed by atoms with E-state index in [-0.39, 0.29) is 5.69 Å². The van der Waals surface area contributed by atoms with Crippen molar-refractivity contribution in [2.75, 3.05) is 0 Å². The number of carboxylic acid groups (broad SMARTS) is 1. The van der Waals surface area contributed by atoms with Crippen molar-refractivity contribution < 1.29 is 24.3 Å². The maximum absolute atomic E-state index is 10.5. The van der Waals surface area contributed by atoms with Gasteiger partial charge in [0.25, 0.3) is 0 Å². The zero-order valence-corrected chi connectivity index (χ0v) is 7.26. The van der Waals surface area contributed by atoms with Gasteiger partial charge in [-0.1, -0.05) is 0 Å². The largest absolute Gasteiger partial charge is 0.476 e. The molecule has 7 nitrogen and oxygen atoms in total. The minimum Gasteiger partial charge on any atom is -0.476 e. The van der Waals surface area contributed by atoms with Crippen molar-refractivity contribution in [1.29, 1.82) is 0 Å². The number of aromatic carboxylic acids is 1. The fraction of sp³-hybridized carbons (Fsp3) is 0.200. The van der Waals surface area contributed by atoms with E-state index in [9.17, 15) is 9.36 Å². The quantitative estimate of drug-likeness (QED) is 0.586. The second kappa shape index (κ2) is 3.29. The average Bonchev–Trinajstić information content (AvgIpc) is 2.31. The molecule has 1 aromatic rings. The summed E-state index contributed by atoms with van der Waals surface area (Å²) in [5.74, 6) is -1.23. The Balaban J connectivity index is 2.81. The lowest BCUT2D eigenvalue weighted by Gasteiger charge is -2.02. The SMILES string of the molecule is O=C(O)c1cn(CP(=O)(O)O)cn1. The summed E-state index contributed by atoms with van der Waals surface area (Å²) < 4.78 is 11.5. The molecule has 0 saturated heterocycles. The molecule has 0 aromatic carbocycles. The van der Waals surface area contributed by atoms with Gasteiger partial charge in [-0.15, -0.1) is 0 Å². The molecule has 3 N–H and O–H groups in total. The van der Waals surface area contributed by atoms with Crippen molar-refractivity contribution in [3.63, 3.8) is 0 Å². The summed E-state index contributed by atoms with van der Waals surface area (Å²) in [5, 5.41) is 8.43. The highest BCUT2D eigenvalue weighted by Gasteiger charge is 2.15. The summed E-state index contributed by atoms with van der Waals surface area (Å²) in [6.07, 6.45) is 1.55. The smallest absolute Gasteiger partial charge is 0.356 e. The predicted molar refractivity (Wildman–Crippen MR) is 41.2 cm³/mol. The highest BCUT2D eigenvalue weighted by atomic mass is 31.2. The molecule has 0 radical (unpaired) electrons. The van der Waals surface area contributed by atoms with Crippen LogP contribution in [0, 0.1) is 0 Å². The zero-order valence-electron chi connectivity index (χ0n) is 6.36. The molecule has 0 bridgehead atoms. The molecule has 0 saturated carbocycles. The van der Waals surface area contributed by atoms with Gasteiger partial charge in [0.05, 0.1) is 6.33 Å². The Bertz CT molecular complexity index is 367. The Morgan fingerprint density at radius 2 is 2.23 bits per heavy atom. The Hall–Kier alpha value is -1.17. The molecule has 72 valence electrons. The van der Waals surface area contributed by atoms with Crippen molar-refractivity contribution in [2.45, 2.75) is 6.29 Å². The molecule has 0 amide bonds. The molecule has 0 unspecified atom stereocenters. The van der Waals surface area contributed by atoms with Gasteiger partial charge in [0.15, 0.2) is 5.69 Å². The number of imidazole rings is 1. The van der Waals surface area contributed by atoms with Crippen LogP contribution in [0.1, 0.15) is 10.5 Å². The Morgan fingerprint density at radius 3 is 2.62 bits per heavy atom. The summed E-state index contributed by atoms with van der Waals surface area (Å²) in [5.41, 5.74) is -0.242. The van der Waals surface area contributed by atoms with Gasteiger partial charge in [0.1, 0.15) is 6.29 Å². The third-order valence-corrected chi connectivity index (χ3v) is 1.89. The van der Waals surface area contributed by atoms with E-state index in [4.69, 9.17) is 14.9 Å². The molecular weight excluding hydrogens is 199 g/mol. The lowest BCUT2D eigenvalue weighted by Crippen LogP contribution is -1.97. The van der Waals surface area contributed by atoms with Gasteiger partial charge in [0.2, 0.25) is 0 Å². The molecule has 0 aliphatic heterocycles. The number of hydrogen-bond donors (Lipinski definition) is 3. The van der Waals surface area contributed by atoms with E-state index in [1.807, 2.05) is 0 Å². The minimum atomic E-state index is -4.17. The summed E-state index contributed by atoms with van der Waals surface area (Å²) >= 11 is 0. The van der Waals surface area contributed by atoms with E-state index >= 15 is 0 Å². The van der Waals surface area contributed by atoms with E-state index in [2.05, 4.69) is 4.98 Å². The number of nitrogens with zero attached hydrogens (tertiary/aromatic N) is 2. The third kappa shape index (κ3) is 2.98. The first kappa shape index (κ1) is 9.91. The number of aromatic nitrogens is 2. The van der Waals surface area contributed by atoms with Gasteiger partial charge in [-0.3, -0.25) is 4.57 Å². The summed E-state index contributed by atoms with van der Waals surface area (Å²) in [6, 6.07) is 0. The topological polar surface area (TPSA) is 113 Å². The number of hydrogen-bond acceptors (Lipinski definition) is 3. The van der Waals surface area contributed by atoms with E-state index in [0.29, 0.717) is 0 Å². The highest BCUT2D eigenvalue weighted by molar-refractivity contribution is 7.50. The second-order valence-corrected chi connectivity index (χ2v) is 4.00. The van der Waals surface area contributed by atoms with E-state index < -0.39 is 19.9 Å². The van der Waals surface area contributed by atoms with Crippen LogP contribution in [0.3, 0.4) is 0 Å². The van der Waals surface area contributed by atoms with Crippen LogP contribution < -0.4 is 0 Å². The third-order valence-electron chi connectivity index (χ3n) is 1.20. The Kier molecular flexibility index (Phi) is 2.51. The Morgan fingerprint density at radius 1 is 1.62 bits per heavy atom. The number of carboxylic acids is 1. The van der Waals surface area contributed by atoms with Gasteiger partial charge in [-0.25, -0.2) is 9.78 Å². The van der Waals surface area contributed by atoms with Crippen molar-refractivity contribution in [2.24, 2.45) is 0 Å². The Labute approximate surface area is 72.8 Å². The standard InChI is InChI=1S/C5H7N2O5P/c8-5(9)4-1-7(2-6-4)3-13(10,11)12/h1-2H,3H2,(H,8,9)(H2,10,11,12). The molecule has 1 aromatic heterocycles. The lowest BCUT2D eigenvalue weighted by molar-refractivity contribution is 0.0691. The summed E-state index contributed by atoms with van der Waals surface area (Å²) in [6.45, 7) is 0. The molecule has 0 spiro atoms. The van der Waals surface area contributed by atoms with Gasteiger partial charge in [-0.2, -0.15) is 0 Å². The molecule has 8 heteroatoms. The van der Waals surface area contributed by atoms with E-state index in [1.165, 1.54) is 0 Å². The second-order valence-electron chi connectivity index (χ2n) is 2.38. The maximum Gasteiger partial charge on any atom is 0.356 e. The van der Waals surface area contributed by atoms with Crippen LogP contribution >= 0.6 is 7.60 Å². The predicted octanol–water partition coefficient (Wildman–Crippen LogP) is -0.284. The van der Waals surface area contributed by atoms with Crippen LogP contribution in [-0.2, 0) is 10.9 Å². The number of rotatable bonds is 3. The zero-order chi connectivity index (χ0) is 10.1. The van der Waals surface area contributed by atoms with E-state index in [0.717, 1.165) is 17.1 Å². The van der Waals surface area contributed by atoms with Gasteiger partial charge >= 0.3 is 13.6 Å². The lowest BCUT2D eigenvalue weighted by atomic mass is 10.5. The van der Waals surface area contributed by atoms with Crippen molar-refractivity contribution in [3.05, 3.63) is 18.2 Å². The average molecular weight is 206 g/mol. The molecule has 1 heterocycles. The van der Waals surface area contributed by atoms with Crippen LogP contribution in [0.15, 0.2) is 12.5 Å². The highest BCUT2D eigenvalue weighted by Crippen LogP contribution is 2.36. The normalized spacial score (nSPS) is 11.5. The van der Waals surface area contributed by atoms with Gasteiger partial charge in [-0.05, 0) is 0 Å². The monoisotopic (exact) mass is 206 g/mol. The van der Waals surface area contributed by atoms with Crippen LogP contribution in [0.25, 0.3) is 0 Å². The summed E-state index contributed by atoms with van der Waals surface area (Å²) in [7, 11) is -4.17. The first-order valence-electron chi connectivity index (χ1n) is 3.18. The van der Waals surface area contributed by atoms with Crippen molar-refractivity contribution in [3.8, 4) is 0 Å². The molecule has 13 heavy (non-hydrogen) atoms. The van der Waals surface area contributed by atoms with Crippen LogP contribution in [0.2, 0.25) is 0 Å². The minimum absolute atomic E-state index is 0.242.